The lowest BCUT2D eigenvalue weighted by Gasteiger charge is -2.13. The van der Waals surface area contributed by atoms with Gasteiger partial charge >= 0.3 is 0 Å². The number of hydrogen-bond acceptors (Lipinski definition) is 2. The molecule has 1 heterocycles. The first-order valence-corrected chi connectivity index (χ1v) is 7.67. The van der Waals surface area contributed by atoms with Crippen LogP contribution in [0.4, 0.5) is 5.82 Å². The van der Waals surface area contributed by atoms with E-state index < -0.39 is 0 Å². The van der Waals surface area contributed by atoms with Gasteiger partial charge in [-0.05, 0) is 32.1 Å². The molecule has 0 unspecified atom stereocenters. The van der Waals surface area contributed by atoms with Gasteiger partial charge in [0.25, 0.3) is 0 Å². The Hall–Kier alpha value is -0.990. The molecule has 3 rings (SSSR count). The molecule has 3 heteroatoms. The van der Waals surface area contributed by atoms with E-state index in [1.54, 1.807) is 0 Å². The molecular formula is C15H25N3. The number of nitrogen functional groups attached to an aromatic ring is 1. The number of rotatable bonds is 5. The van der Waals surface area contributed by atoms with Crippen molar-refractivity contribution in [1.82, 2.24) is 9.55 Å². The molecule has 0 bridgehead atoms. The highest BCUT2D eigenvalue weighted by Gasteiger charge is 2.32. The van der Waals surface area contributed by atoms with Crippen molar-refractivity contribution in [2.75, 3.05) is 5.73 Å². The van der Waals surface area contributed by atoms with Crippen molar-refractivity contribution >= 4 is 5.82 Å². The Kier molecular flexibility index (Phi) is 3.31. The average Bonchev–Trinajstić information content (AvgIpc) is 2.96. The molecule has 0 aromatic carbocycles. The Bertz CT molecular complexity index is 412. The molecule has 0 atom stereocenters. The highest BCUT2D eigenvalue weighted by molar-refractivity contribution is 5.43. The first kappa shape index (κ1) is 12.1. The molecule has 2 aliphatic carbocycles. The molecule has 1 aromatic rings. The molecular weight excluding hydrogens is 222 g/mol. The lowest BCUT2D eigenvalue weighted by Crippen LogP contribution is -2.10. The van der Waals surface area contributed by atoms with Crippen molar-refractivity contribution in [3.8, 4) is 0 Å². The number of unbranched alkanes of at least 4 members (excludes halogenated alkanes) is 1. The summed E-state index contributed by atoms with van der Waals surface area (Å²) in [7, 11) is 0. The number of imidazole rings is 1. The molecule has 100 valence electrons. The second-order valence-electron chi connectivity index (χ2n) is 6.00. The molecule has 2 fully saturated rings. The summed E-state index contributed by atoms with van der Waals surface area (Å²) in [5.74, 6) is 3.64. The van der Waals surface area contributed by atoms with E-state index in [2.05, 4.69) is 11.5 Å². The van der Waals surface area contributed by atoms with Crippen LogP contribution >= 0.6 is 0 Å². The van der Waals surface area contributed by atoms with Gasteiger partial charge in [-0.1, -0.05) is 26.2 Å². The van der Waals surface area contributed by atoms with E-state index >= 15 is 0 Å². The Morgan fingerprint density at radius 1 is 1.17 bits per heavy atom. The monoisotopic (exact) mass is 247 g/mol. The Balaban J connectivity index is 1.90. The van der Waals surface area contributed by atoms with E-state index in [1.807, 2.05) is 0 Å². The number of nitrogens with zero attached hydrogens (tertiary/aromatic N) is 2. The van der Waals surface area contributed by atoms with E-state index in [0.717, 1.165) is 12.4 Å². The maximum atomic E-state index is 6.35. The van der Waals surface area contributed by atoms with Gasteiger partial charge in [0.2, 0.25) is 0 Å². The standard InChI is InChI=1S/C15H25N3/c1-2-3-10-18-14(16)13(11-8-9-11)17-15(18)12-6-4-5-7-12/h11-12H,2-10,16H2,1H3. The van der Waals surface area contributed by atoms with Crippen molar-refractivity contribution in [2.45, 2.75) is 76.7 Å². The molecule has 18 heavy (non-hydrogen) atoms. The van der Waals surface area contributed by atoms with Crippen molar-refractivity contribution in [3.63, 3.8) is 0 Å². The SMILES string of the molecule is CCCCn1c(C2CCCC2)nc(C2CC2)c1N. The zero-order chi connectivity index (χ0) is 12.5. The quantitative estimate of drug-likeness (QED) is 0.860. The van der Waals surface area contributed by atoms with Crippen LogP contribution in [0.25, 0.3) is 0 Å². The summed E-state index contributed by atoms with van der Waals surface area (Å²) in [6.45, 7) is 3.30. The van der Waals surface area contributed by atoms with E-state index in [1.165, 1.54) is 62.9 Å². The van der Waals surface area contributed by atoms with Gasteiger partial charge in [-0.15, -0.1) is 0 Å². The zero-order valence-corrected chi connectivity index (χ0v) is 11.5. The molecule has 2 aliphatic rings. The van der Waals surface area contributed by atoms with Crippen LogP contribution in [-0.2, 0) is 6.54 Å². The molecule has 3 nitrogen and oxygen atoms in total. The fourth-order valence-electron chi connectivity index (χ4n) is 3.21. The van der Waals surface area contributed by atoms with Crippen molar-refractivity contribution in [3.05, 3.63) is 11.5 Å². The topological polar surface area (TPSA) is 43.8 Å². The molecule has 0 radical (unpaired) electrons. The summed E-state index contributed by atoms with van der Waals surface area (Å²) in [4.78, 5) is 4.94. The maximum Gasteiger partial charge on any atom is 0.127 e. The third kappa shape index (κ3) is 2.15. The van der Waals surface area contributed by atoms with E-state index in [-0.39, 0.29) is 0 Å². The van der Waals surface area contributed by atoms with Crippen LogP contribution in [0.15, 0.2) is 0 Å². The van der Waals surface area contributed by atoms with Gasteiger partial charge in [0.1, 0.15) is 11.6 Å². The number of aromatic nitrogens is 2. The van der Waals surface area contributed by atoms with Gasteiger partial charge in [0.15, 0.2) is 0 Å². The third-order valence-corrected chi connectivity index (χ3v) is 4.48. The average molecular weight is 247 g/mol. The second kappa shape index (κ2) is 4.94. The fraction of sp³-hybridized carbons (Fsp3) is 0.800. The number of nitrogens with two attached hydrogens (primary N) is 1. The highest BCUT2D eigenvalue weighted by Crippen LogP contribution is 2.44. The molecule has 2 N–H and O–H groups in total. The van der Waals surface area contributed by atoms with Crippen LogP contribution in [0, 0.1) is 0 Å². The zero-order valence-electron chi connectivity index (χ0n) is 11.5. The Labute approximate surface area is 110 Å². The van der Waals surface area contributed by atoms with E-state index in [0.29, 0.717) is 11.8 Å². The third-order valence-electron chi connectivity index (χ3n) is 4.48. The van der Waals surface area contributed by atoms with Crippen LogP contribution in [0.1, 0.15) is 81.6 Å². The van der Waals surface area contributed by atoms with Gasteiger partial charge in [-0.25, -0.2) is 4.98 Å². The van der Waals surface area contributed by atoms with Gasteiger partial charge in [-0.2, -0.15) is 0 Å². The van der Waals surface area contributed by atoms with Crippen molar-refractivity contribution in [1.29, 1.82) is 0 Å². The number of anilines is 1. The first-order valence-electron chi connectivity index (χ1n) is 7.67. The van der Waals surface area contributed by atoms with Gasteiger partial charge in [0.05, 0.1) is 5.69 Å². The van der Waals surface area contributed by atoms with Gasteiger partial charge in [0, 0.05) is 18.4 Å². The summed E-state index contributed by atoms with van der Waals surface area (Å²) in [6.07, 6.45) is 10.4. The molecule has 0 aliphatic heterocycles. The maximum absolute atomic E-state index is 6.35. The first-order chi connectivity index (χ1) is 8.81. The fourth-order valence-corrected chi connectivity index (χ4v) is 3.21. The summed E-state index contributed by atoms with van der Waals surface area (Å²) < 4.78 is 2.34. The van der Waals surface area contributed by atoms with Crippen LogP contribution < -0.4 is 5.73 Å². The lowest BCUT2D eigenvalue weighted by molar-refractivity contribution is 0.561. The van der Waals surface area contributed by atoms with Crippen molar-refractivity contribution < 1.29 is 0 Å². The van der Waals surface area contributed by atoms with Crippen LogP contribution in [-0.4, -0.2) is 9.55 Å². The van der Waals surface area contributed by atoms with Crippen molar-refractivity contribution in [2.24, 2.45) is 0 Å². The molecule has 0 spiro atoms. The molecule has 0 saturated heterocycles. The minimum atomic E-state index is 0.674. The van der Waals surface area contributed by atoms with Crippen LogP contribution in [0.5, 0.6) is 0 Å². The van der Waals surface area contributed by atoms with Gasteiger partial charge < -0.3 is 10.3 Å². The van der Waals surface area contributed by atoms with E-state index in [9.17, 15) is 0 Å². The summed E-state index contributed by atoms with van der Waals surface area (Å²) in [6, 6.07) is 0. The largest absolute Gasteiger partial charge is 0.384 e. The Morgan fingerprint density at radius 3 is 2.50 bits per heavy atom. The second-order valence-corrected chi connectivity index (χ2v) is 6.00. The number of hydrogen-bond donors (Lipinski definition) is 1. The predicted octanol–water partition coefficient (Wildman–Crippen LogP) is 3.80. The van der Waals surface area contributed by atoms with Gasteiger partial charge in [-0.3, -0.25) is 0 Å². The summed E-state index contributed by atoms with van der Waals surface area (Å²) in [5, 5.41) is 0. The van der Waals surface area contributed by atoms with Crippen LogP contribution in [0.3, 0.4) is 0 Å². The lowest BCUT2D eigenvalue weighted by atomic mass is 10.1. The normalized spacial score (nSPS) is 20.7. The summed E-state index contributed by atoms with van der Waals surface area (Å²) >= 11 is 0. The minimum Gasteiger partial charge on any atom is -0.384 e. The molecule has 1 aromatic heterocycles. The predicted molar refractivity (Wildman–Crippen MR) is 74.7 cm³/mol. The van der Waals surface area contributed by atoms with E-state index in [4.69, 9.17) is 10.7 Å². The Morgan fingerprint density at radius 2 is 1.89 bits per heavy atom. The smallest absolute Gasteiger partial charge is 0.127 e. The highest BCUT2D eigenvalue weighted by atomic mass is 15.1. The molecule has 0 amide bonds. The minimum absolute atomic E-state index is 0.674. The molecule has 2 saturated carbocycles. The summed E-state index contributed by atoms with van der Waals surface area (Å²) in [5.41, 5.74) is 7.57. The van der Waals surface area contributed by atoms with Crippen LogP contribution in [0.2, 0.25) is 0 Å².